The molecule has 2 aromatic heterocycles. The van der Waals surface area contributed by atoms with Crippen LogP contribution in [0.3, 0.4) is 0 Å². The Morgan fingerprint density at radius 2 is 1.71 bits per heavy atom. The van der Waals surface area contributed by atoms with Gasteiger partial charge in [-0.25, -0.2) is 4.98 Å². The second-order valence-corrected chi connectivity index (χ2v) is 5.83. The molecule has 2 heterocycles. The van der Waals surface area contributed by atoms with Crippen molar-refractivity contribution in [3.63, 3.8) is 0 Å². The van der Waals surface area contributed by atoms with Crippen molar-refractivity contribution in [2.45, 2.75) is 0 Å². The maximum absolute atomic E-state index is 5.46. The summed E-state index contributed by atoms with van der Waals surface area (Å²) in [5.41, 5.74) is 2.45. The molecule has 0 saturated heterocycles. The first kappa shape index (κ1) is 17.6. The highest BCUT2D eigenvalue weighted by Gasteiger charge is 2.20. The molecule has 0 aliphatic carbocycles. The highest BCUT2D eigenvalue weighted by atomic mass is 16.5. The summed E-state index contributed by atoms with van der Waals surface area (Å²) in [6.07, 6.45) is 1.41. The molecule has 0 fully saturated rings. The van der Waals surface area contributed by atoms with Gasteiger partial charge in [-0.3, -0.25) is 0 Å². The first-order chi connectivity index (χ1) is 13.7. The van der Waals surface area contributed by atoms with Crippen molar-refractivity contribution >= 4 is 22.6 Å². The summed E-state index contributed by atoms with van der Waals surface area (Å²) >= 11 is 0. The Labute approximate surface area is 161 Å². The first-order valence-electron chi connectivity index (χ1n) is 8.48. The molecule has 8 nitrogen and oxygen atoms in total. The van der Waals surface area contributed by atoms with Crippen molar-refractivity contribution in [1.82, 2.24) is 15.1 Å². The third-order valence-corrected chi connectivity index (χ3v) is 4.30. The van der Waals surface area contributed by atoms with E-state index in [0.717, 1.165) is 11.3 Å². The van der Waals surface area contributed by atoms with Crippen LogP contribution in [-0.4, -0.2) is 36.5 Å². The van der Waals surface area contributed by atoms with Gasteiger partial charge in [-0.2, -0.15) is 4.98 Å². The van der Waals surface area contributed by atoms with Crippen molar-refractivity contribution in [2.75, 3.05) is 26.6 Å². The van der Waals surface area contributed by atoms with Gasteiger partial charge < -0.3 is 24.1 Å². The summed E-state index contributed by atoms with van der Waals surface area (Å²) in [6.45, 7) is 0. The molecule has 0 aliphatic rings. The molecule has 1 N–H and O–H groups in total. The summed E-state index contributed by atoms with van der Waals surface area (Å²) in [7, 11) is 4.81. The van der Waals surface area contributed by atoms with Gasteiger partial charge in [-0.1, -0.05) is 17.3 Å². The zero-order valence-corrected chi connectivity index (χ0v) is 15.6. The van der Waals surface area contributed by atoms with E-state index in [-0.39, 0.29) is 0 Å². The number of ether oxygens (including phenoxy) is 3. The van der Waals surface area contributed by atoms with Crippen LogP contribution in [0, 0.1) is 0 Å². The van der Waals surface area contributed by atoms with Crippen molar-refractivity contribution < 1.29 is 18.7 Å². The number of benzene rings is 2. The lowest BCUT2D eigenvalue weighted by Crippen LogP contribution is -1.99. The molecule has 0 aliphatic heterocycles. The topological polar surface area (TPSA) is 91.5 Å². The highest BCUT2D eigenvalue weighted by Crippen LogP contribution is 2.38. The van der Waals surface area contributed by atoms with Crippen LogP contribution in [-0.2, 0) is 0 Å². The van der Waals surface area contributed by atoms with Gasteiger partial charge in [0.2, 0.25) is 0 Å². The molecule has 0 unspecified atom stereocenters. The van der Waals surface area contributed by atoms with Crippen LogP contribution in [0.1, 0.15) is 0 Å². The molecule has 142 valence electrons. The van der Waals surface area contributed by atoms with Crippen molar-refractivity contribution in [2.24, 2.45) is 0 Å². The smallest absolute Gasteiger partial charge is 0.263 e. The largest absolute Gasteiger partial charge is 0.497 e. The number of fused-ring (bicyclic) bond motifs is 1. The molecule has 0 amide bonds. The van der Waals surface area contributed by atoms with Gasteiger partial charge in [0, 0.05) is 11.6 Å². The number of methoxy groups -OCH3 is 3. The molecule has 0 atom stereocenters. The van der Waals surface area contributed by atoms with E-state index in [1.165, 1.54) is 6.33 Å². The second kappa shape index (κ2) is 7.43. The number of anilines is 2. The maximum atomic E-state index is 5.46. The van der Waals surface area contributed by atoms with Crippen molar-refractivity contribution in [3.8, 4) is 28.5 Å². The Morgan fingerprint density at radius 1 is 0.893 bits per heavy atom. The average molecular weight is 378 g/mol. The molecular weight excluding hydrogens is 360 g/mol. The first-order valence-corrected chi connectivity index (χ1v) is 8.48. The number of para-hydroxylation sites is 1. The van der Waals surface area contributed by atoms with E-state index in [1.54, 1.807) is 27.4 Å². The Bertz CT molecular complexity index is 1130. The fourth-order valence-corrected chi connectivity index (χ4v) is 2.93. The maximum Gasteiger partial charge on any atom is 0.263 e. The second-order valence-electron chi connectivity index (χ2n) is 5.83. The van der Waals surface area contributed by atoms with Crippen LogP contribution >= 0.6 is 0 Å². The summed E-state index contributed by atoms with van der Waals surface area (Å²) in [5.74, 6) is 2.52. The Morgan fingerprint density at radius 3 is 2.50 bits per heavy atom. The number of hydrogen-bond acceptors (Lipinski definition) is 8. The Balaban J connectivity index is 1.84. The number of nitrogens with zero attached hydrogens (tertiary/aromatic N) is 3. The Hall–Kier alpha value is -3.81. The van der Waals surface area contributed by atoms with Gasteiger partial charge in [0.15, 0.2) is 0 Å². The quantitative estimate of drug-likeness (QED) is 0.537. The van der Waals surface area contributed by atoms with Gasteiger partial charge in [0.25, 0.3) is 5.71 Å². The van der Waals surface area contributed by atoms with Crippen LogP contribution in [0.2, 0.25) is 0 Å². The van der Waals surface area contributed by atoms with Crippen LogP contribution in [0.5, 0.6) is 17.2 Å². The number of aromatic nitrogens is 3. The molecule has 28 heavy (non-hydrogen) atoms. The summed E-state index contributed by atoms with van der Waals surface area (Å²) in [5, 5.41) is 8.12. The summed E-state index contributed by atoms with van der Waals surface area (Å²) in [4.78, 5) is 8.57. The zero-order chi connectivity index (χ0) is 19.5. The van der Waals surface area contributed by atoms with E-state index < -0.39 is 0 Å². The normalized spacial score (nSPS) is 10.7. The predicted octanol–water partition coefficient (Wildman–Crippen LogP) is 4.05. The fourth-order valence-electron chi connectivity index (χ4n) is 2.93. The van der Waals surface area contributed by atoms with Crippen LogP contribution < -0.4 is 19.5 Å². The monoisotopic (exact) mass is 378 g/mol. The number of hydrogen-bond donors (Lipinski definition) is 1. The average Bonchev–Trinajstić information content (AvgIpc) is 3.19. The third kappa shape index (κ3) is 3.05. The van der Waals surface area contributed by atoms with E-state index in [9.17, 15) is 0 Å². The molecule has 4 rings (SSSR count). The van der Waals surface area contributed by atoms with Gasteiger partial charge in [-0.15, -0.1) is 0 Å². The molecule has 0 saturated carbocycles. The molecule has 8 heteroatoms. The van der Waals surface area contributed by atoms with Crippen LogP contribution in [0.15, 0.2) is 53.3 Å². The summed E-state index contributed by atoms with van der Waals surface area (Å²) < 4.78 is 21.6. The minimum atomic E-state index is 0.367. The van der Waals surface area contributed by atoms with E-state index in [0.29, 0.717) is 39.9 Å². The Kier molecular flexibility index (Phi) is 4.67. The third-order valence-electron chi connectivity index (χ3n) is 4.30. The SMILES string of the molecule is COc1ccc(Nc2ncnc3onc(-c4ccccc4OC)c23)c(OC)c1. The fraction of sp³-hybridized carbons (Fsp3) is 0.150. The molecule has 2 aromatic carbocycles. The lowest BCUT2D eigenvalue weighted by atomic mass is 10.1. The zero-order valence-electron chi connectivity index (χ0n) is 15.6. The lowest BCUT2D eigenvalue weighted by Gasteiger charge is -2.12. The standard InChI is InChI=1S/C20H18N4O4/c1-25-12-8-9-14(16(10-12)27-3)23-19-17-18(24-28-20(17)22-11-21-19)13-6-4-5-7-15(13)26-2/h4-11H,1-3H3,(H,21,22,23). The van der Waals surface area contributed by atoms with Gasteiger partial charge >= 0.3 is 0 Å². The minimum absolute atomic E-state index is 0.367. The minimum Gasteiger partial charge on any atom is -0.497 e. The summed E-state index contributed by atoms with van der Waals surface area (Å²) in [6, 6.07) is 13.0. The van der Waals surface area contributed by atoms with Crippen molar-refractivity contribution in [1.29, 1.82) is 0 Å². The van der Waals surface area contributed by atoms with E-state index >= 15 is 0 Å². The highest BCUT2D eigenvalue weighted by molar-refractivity contribution is 6.00. The lowest BCUT2D eigenvalue weighted by molar-refractivity contribution is 0.395. The molecule has 0 spiro atoms. The van der Waals surface area contributed by atoms with Gasteiger partial charge in [-0.05, 0) is 24.3 Å². The van der Waals surface area contributed by atoms with E-state index in [2.05, 4.69) is 20.4 Å². The van der Waals surface area contributed by atoms with Crippen LogP contribution in [0.25, 0.3) is 22.4 Å². The van der Waals surface area contributed by atoms with Crippen molar-refractivity contribution in [3.05, 3.63) is 48.8 Å². The van der Waals surface area contributed by atoms with E-state index in [4.69, 9.17) is 18.7 Å². The molecule has 4 aromatic rings. The van der Waals surface area contributed by atoms with E-state index in [1.807, 2.05) is 36.4 Å². The van der Waals surface area contributed by atoms with Gasteiger partial charge in [0.05, 0.1) is 27.0 Å². The van der Waals surface area contributed by atoms with Crippen LogP contribution in [0.4, 0.5) is 11.5 Å². The molecule has 0 radical (unpaired) electrons. The number of nitrogens with one attached hydrogen (secondary N) is 1. The number of rotatable bonds is 6. The molecule has 0 bridgehead atoms. The predicted molar refractivity (Wildman–Crippen MR) is 104 cm³/mol. The van der Waals surface area contributed by atoms with Gasteiger partial charge in [0.1, 0.15) is 40.5 Å². The molecular formula is C20H18N4O4.